The highest BCUT2D eigenvalue weighted by Crippen LogP contribution is 2.66. The molecule has 0 spiro atoms. The zero-order chi connectivity index (χ0) is 85.2. The number of nitrogens with two attached hydrogens (primary N) is 4. The molecule has 3 saturated heterocycles. The predicted molar refractivity (Wildman–Crippen MR) is 387 cm³/mol. The van der Waals surface area contributed by atoms with Gasteiger partial charge in [0, 0.05) is 98.3 Å². The number of anilines is 3. The van der Waals surface area contributed by atoms with Gasteiger partial charge in [-0.2, -0.15) is 23.6 Å². The van der Waals surface area contributed by atoms with Crippen molar-refractivity contribution >= 4 is 117 Å². The SMILES string of the molecule is C#CCOC(=O)CCNC(C)=O.CC(=O)NCCC(=O)O.CC(=O)NCCC(=O)OCC#Cc1cn(C2CC(O)C(CO)O2)c(=O)nc1N.CC(=O)NCCC(=O)OCC#Cc1cn(C2CC(O)C(COP(=O)(O)OP(=O)(O)OP(=O)(O)O)O2)c(=O)nc1N.NCCC(=O)O.Nc1nc(=O)n(C2CC(O)C(CO)O2)cc1I. The molecule has 6 heterocycles. The quantitative estimate of drug-likeness (QED) is 0.0101. The van der Waals surface area contributed by atoms with Gasteiger partial charge < -0.3 is 128 Å². The second-order valence-electron chi connectivity index (χ2n) is 22.2. The molecule has 6 rings (SSSR count). The van der Waals surface area contributed by atoms with Gasteiger partial charge in [-0.1, -0.05) is 29.6 Å². The van der Waals surface area contributed by atoms with Crippen LogP contribution in [0.15, 0.2) is 33.0 Å². The average molecular weight is 1770 g/mol. The van der Waals surface area contributed by atoms with Crippen molar-refractivity contribution in [1.29, 1.82) is 0 Å². The summed E-state index contributed by atoms with van der Waals surface area (Å²) in [5, 5.41) is 73.3. The van der Waals surface area contributed by atoms with Crippen LogP contribution >= 0.6 is 46.1 Å². The van der Waals surface area contributed by atoms with Crippen LogP contribution in [0.5, 0.6) is 0 Å². The van der Waals surface area contributed by atoms with E-state index >= 15 is 0 Å². The van der Waals surface area contributed by atoms with E-state index in [1.54, 1.807) is 0 Å². The van der Waals surface area contributed by atoms with E-state index in [4.69, 9.17) is 83.3 Å². The number of phosphoric ester groups is 1. The molecule has 0 bridgehead atoms. The molecule has 0 radical (unpaired) electrons. The molecule has 49 nitrogen and oxygen atoms in total. The molecule has 3 aromatic heterocycles. The monoisotopic (exact) mass is 1770 g/mol. The smallest absolute Gasteiger partial charge is 0.481 e. The number of hydrogen-bond acceptors (Lipinski definition) is 36. The molecule has 11 atom stereocenters. The Kier molecular flexibility index (Phi) is 46.2. The van der Waals surface area contributed by atoms with Crippen LogP contribution in [0.1, 0.15) is 109 Å². The van der Waals surface area contributed by atoms with Crippen LogP contribution in [0.2, 0.25) is 0 Å². The van der Waals surface area contributed by atoms with Crippen LogP contribution in [0, 0.1) is 39.6 Å². The van der Waals surface area contributed by atoms with Crippen molar-refractivity contribution in [3.05, 3.63) is 64.7 Å². The Morgan fingerprint density at radius 1 is 0.545 bits per heavy atom. The molecule has 0 aromatic carbocycles. The number of nitrogen functional groups attached to an aromatic ring is 3. The van der Waals surface area contributed by atoms with Gasteiger partial charge >= 0.3 is 70.4 Å². The Morgan fingerprint density at radius 2 is 0.884 bits per heavy atom. The van der Waals surface area contributed by atoms with Gasteiger partial charge in [0.15, 0.2) is 19.8 Å². The first kappa shape index (κ1) is 101. The van der Waals surface area contributed by atoms with Gasteiger partial charge in [-0.25, -0.2) is 28.1 Å². The van der Waals surface area contributed by atoms with Crippen LogP contribution in [0.25, 0.3) is 0 Å². The number of nitrogens with zero attached hydrogens (tertiary/aromatic N) is 6. The molecule has 624 valence electrons. The van der Waals surface area contributed by atoms with Crippen molar-refractivity contribution in [2.45, 2.75) is 134 Å². The summed E-state index contributed by atoms with van der Waals surface area (Å²) < 4.78 is 80.1. The molecule has 53 heteroatoms. The summed E-state index contributed by atoms with van der Waals surface area (Å²) in [7, 11) is -16.8. The number of carbonyl (C=O) groups is 9. The number of aromatic nitrogens is 6. The number of ether oxygens (including phenoxy) is 6. The normalized spacial score (nSPS) is 19.4. The van der Waals surface area contributed by atoms with Crippen LogP contribution < -0.4 is 61.3 Å². The number of esters is 3. The van der Waals surface area contributed by atoms with Gasteiger partial charge in [0.2, 0.25) is 23.6 Å². The number of carbonyl (C=O) groups excluding carboxylic acids is 7. The number of phosphoric acid groups is 3. The van der Waals surface area contributed by atoms with E-state index in [9.17, 15) is 96.3 Å². The fourth-order valence-electron chi connectivity index (χ4n) is 8.16. The maximum atomic E-state index is 12.3. The fourth-order valence-corrected chi connectivity index (χ4v) is 11.6. The standard InChI is InChI=1S/C17H25N4O16P3.C17H22N4O7.C9H12IN3O4.C8H11NO3.C5H9NO3.C3H7NO2/c1-10(22)19-5-4-15(24)33-6-2-3-11-8-21(17(25)20-16(11)18)14-7-12(23)13(35-14)9-34-39(29,30)37-40(31,32)36-38(26,27)28;1-10(23)19-5-4-15(25)27-6-2-3-11-8-21(17(26)20-16(11)18)14-7-12(24)13(9-22)28-14;10-4-2-13(9(16)12-8(4)11)7-1-5(15)6(3-14)17-7;1-3-6-12-8(11)4-5-9-7(2)10;1-4(7)6-3-2-5(8)9;4-2-1-3(5)6/h8,12-14,23H,4-7,9H2,1H3,(H,19,22)(H,29,30)(H,31,32)(H2,18,20,25)(H2,26,27,28);8,12-14,22,24H,4-7,9H2,1H3,(H,19,23)(H2,18,20,26);2,5-7,14-15H,1,3H2,(H2,11,12,16);1H,4-6H2,2H3,(H,9,10);2-3H2,1H3,(H,6,7)(H,8,9);1-2,4H2,(H,5,6). The summed E-state index contributed by atoms with van der Waals surface area (Å²) in [5.74, 6) is 8.06. The van der Waals surface area contributed by atoms with Gasteiger partial charge in [0.05, 0.1) is 84.9 Å². The third kappa shape index (κ3) is 42.4. The van der Waals surface area contributed by atoms with Crippen molar-refractivity contribution in [3.8, 4) is 36.0 Å². The second-order valence-corrected chi connectivity index (χ2v) is 27.8. The number of terminal acetylenes is 1. The lowest BCUT2D eigenvalue weighted by Gasteiger charge is -2.19. The van der Waals surface area contributed by atoms with Crippen molar-refractivity contribution < 1.29 is 154 Å². The van der Waals surface area contributed by atoms with E-state index in [1.807, 2.05) is 22.6 Å². The minimum Gasteiger partial charge on any atom is -0.481 e. The number of carboxylic acids is 2. The Morgan fingerprint density at radius 3 is 1.21 bits per heavy atom. The highest BCUT2D eigenvalue weighted by molar-refractivity contribution is 14.1. The lowest BCUT2D eigenvalue weighted by Crippen LogP contribution is -2.29. The number of halogens is 1. The van der Waals surface area contributed by atoms with Gasteiger partial charge in [0.1, 0.15) is 54.4 Å². The summed E-state index contributed by atoms with van der Waals surface area (Å²) in [6.45, 7) is 4.17. The fraction of sp³-hybridized carbons (Fsp3) is 0.542. The molecule has 4 amide bonds. The number of aliphatic hydroxyl groups excluding tert-OH is 5. The lowest BCUT2D eigenvalue weighted by atomic mass is 10.2. The van der Waals surface area contributed by atoms with Gasteiger partial charge in [-0.05, 0) is 22.6 Å². The van der Waals surface area contributed by atoms with E-state index in [1.165, 1.54) is 44.7 Å². The number of carboxylic acid groups (broad SMARTS) is 2. The van der Waals surface area contributed by atoms with Crippen molar-refractivity contribution in [1.82, 2.24) is 49.9 Å². The van der Waals surface area contributed by atoms with Crippen molar-refractivity contribution in [3.63, 3.8) is 0 Å². The summed E-state index contributed by atoms with van der Waals surface area (Å²) in [6, 6.07) is 0. The van der Waals surface area contributed by atoms with Crippen LogP contribution in [0.3, 0.4) is 0 Å². The third-order valence-corrected chi connectivity index (χ3v) is 17.8. The molecule has 3 aliphatic heterocycles. The Bertz CT molecular complexity index is 4200. The minimum absolute atomic E-state index is 0.0143. The number of rotatable bonds is 29. The molecule has 112 heavy (non-hydrogen) atoms. The molecule has 0 aliphatic carbocycles. The van der Waals surface area contributed by atoms with E-state index in [-0.39, 0.29) is 163 Å². The van der Waals surface area contributed by atoms with Gasteiger partial charge in [0.25, 0.3) is 0 Å². The maximum Gasteiger partial charge on any atom is 0.490 e. The molecule has 11 unspecified atom stereocenters. The van der Waals surface area contributed by atoms with E-state index < -0.39 is 132 Å². The first-order valence-electron chi connectivity index (χ1n) is 32.1. The largest absolute Gasteiger partial charge is 0.490 e. The van der Waals surface area contributed by atoms with Crippen molar-refractivity contribution in [2.75, 3.05) is 89.6 Å². The first-order chi connectivity index (χ1) is 52.3. The van der Waals surface area contributed by atoms with Gasteiger partial charge in [-0.3, -0.25) is 61.4 Å². The summed E-state index contributed by atoms with van der Waals surface area (Å²) in [5.41, 5.74) is 19.9. The number of nitrogens with one attached hydrogen (secondary N) is 4. The topological polar surface area (TPSA) is 767 Å². The highest BCUT2D eigenvalue weighted by atomic mass is 127. The zero-order valence-corrected chi connectivity index (χ0v) is 64.7. The minimum atomic E-state index is -5.74. The number of hydrogen-bond donors (Lipinski definition) is 19. The van der Waals surface area contributed by atoms with Crippen LogP contribution in [0.4, 0.5) is 17.5 Å². The van der Waals surface area contributed by atoms with Gasteiger partial charge in [-0.15, -0.1) is 6.42 Å². The summed E-state index contributed by atoms with van der Waals surface area (Å²) >= 11 is 1.96. The molecule has 0 saturated carbocycles. The Hall–Kier alpha value is -9.27. The Balaban J connectivity index is 0.000000750. The number of aliphatic carboxylic acids is 2. The number of amides is 4. The lowest BCUT2D eigenvalue weighted by molar-refractivity contribution is -0.143. The zero-order valence-electron chi connectivity index (χ0n) is 59.9. The highest BCUT2D eigenvalue weighted by Gasteiger charge is 2.43. The molecular formula is C59H86IN14O35P3. The van der Waals surface area contributed by atoms with E-state index in [0.29, 0.717) is 10.1 Å². The second kappa shape index (κ2) is 51.4. The van der Waals surface area contributed by atoms with E-state index in [2.05, 4.69) is 83.7 Å². The predicted octanol–water partition coefficient (Wildman–Crippen LogP) is -6.10. The van der Waals surface area contributed by atoms with Crippen molar-refractivity contribution in [2.24, 2.45) is 5.73 Å². The summed E-state index contributed by atoms with van der Waals surface area (Å²) in [6.07, 6.45) is 0.499. The molecule has 3 aliphatic rings. The third-order valence-electron chi connectivity index (χ3n) is 13.2. The van der Waals surface area contributed by atoms with Crippen LogP contribution in [-0.2, 0) is 98.4 Å². The number of aliphatic hydroxyl groups is 5. The molecular weight excluding hydrogens is 1680 g/mol. The molecule has 3 fully saturated rings. The molecule has 3 aromatic rings. The summed E-state index contributed by atoms with van der Waals surface area (Å²) in [4.78, 5) is 178. The van der Waals surface area contributed by atoms with E-state index in [0.717, 1.165) is 15.3 Å². The molecule has 23 N–H and O–H groups in total. The first-order valence-corrected chi connectivity index (χ1v) is 37.7. The van der Waals surface area contributed by atoms with Crippen LogP contribution in [-0.4, -0.2) is 246 Å². The Labute approximate surface area is 648 Å². The average Bonchev–Trinajstić information content (AvgIpc) is 1.59. The maximum absolute atomic E-state index is 12.3.